The molecule has 0 aromatic heterocycles. The second-order valence-electron chi connectivity index (χ2n) is 7.12. The summed E-state index contributed by atoms with van der Waals surface area (Å²) in [5, 5.41) is 3.65. The molecule has 4 fully saturated rings. The third kappa shape index (κ3) is 2.27. The van der Waals surface area contributed by atoms with Crippen molar-refractivity contribution in [3.05, 3.63) is 12.7 Å². The second-order valence-corrected chi connectivity index (χ2v) is 7.12. The second kappa shape index (κ2) is 5.36. The van der Waals surface area contributed by atoms with Crippen molar-refractivity contribution in [1.29, 1.82) is 0 Å². The Balaban J connectivity index is 1.65. The third-order valence-electron chi connectivity index (χ3n) is 6.06. The average Bonchev–Trinajstić information content (AvgIpc) is 2.35. The maximum absolute atomic E-state index is 3.85. The molecule has 18 heavy (non-hydrogen) atoms. The van der Waals surface area contributed by atoms with Gasteiger partial charge in [0.05, 0.1) is 0 Å². The molecule has 1 N–H and O–H groups in total. The molecule has 4 aliphatic rings. The zero-order valence-electron chi connectivity index (χ0n) is 11.9. The van der Waals surface area contributed by atoms with Crippen LogP contribution in [0, 0.1) is 29.6 Å². The summed E-state index contributed by atoms with van der Waals surface area (Å²) in [5.41, 5.74) is 0. The molecule has 0 aromatic rings. The van der Waals surface area contributed by atoms with Gasteiger partial charge in [-0.1, -0.05) is 6.08 Å². The molecule has 0 aromatic carbocycles. The highest BCUT2D eigenvalue weighted by Crippen LogP contribution is 2.57. The Morgan fingerprint density at radius 3 is 2.22 bits per heavy atom. The maximum Gasteiger partial charge on any atom is 0.00977 e. The fourth-order valence-corrected chi connectivity index (χ4v) is 5.64. The molecule has 0 spiro atoms. The molecule has 0 heterocycles. The van der Waals surface area contributed by atoms with Gasteiger partial charge in [-0.25, -0.2) is 0 Å². The molecule has 1 nitrogen and oxygen atoms in total. The lowest BCUT2D eigenvalue weighted by molar-refractivity contribution is -0.0521. The first-order valence-electron chi connectivity index (χ1n) is 8.10. The van der Waals surface area contributed by atoms with Crippen molar-refractivity contribution in [2.75, 3.05) is 7.05 Å². The van der Waals surface area contributed by atoms with Gasteiger partial charge in [-0.3, -0.25) is 0 Å². The zero-order valence-corrected chi connectivity index (χ0v) is 11.9. The minimum atomic E-state index is 0.778. The van der Waals surface area contributed by atoms with Gasteiger partial charge in [0.1, 0.15) is 0 Å². The maximum atomic E-state index is 3.85. The van der Waals surface area contributed by atoms with E-state index in [-0.39, 0.29) is 0 Å². The molecule has 4 bridgehead atoms. The lowest BCUT2D eigenvalue weighted by Crippen LogP contribution is -2.52. The van der Waals surface area contributed by atoms with Crippen LogP contribution in [-0.2, 0) is 0 Å². The van der Waals surface area contributed by atoms with E-state index in [2.05, 4.69) is 25.0 Å². The summed E-state index contributed by atoms with van der Waals surface area (Å²) < 4.78 is 0. The lowest BCUT2D eigenvalue weighted by atomic mass is 9.50. The first kappa shape index (κ1) is 12.7. The zero-order chi connectivity index (χ0) is 12.5. The predicted octanol–water partition coefficient (Wildman–Crippen LogP) is 4.00. The summed E-state index contributed by atoms with van der Waals surface area (Å²) in [6, 6.07) is 0.778. The fourth-order valence-electron chi connectivity index (χ4n) is 5.64. The van der Waals surface area contributed by atoms with Gasteiger partial charge in [0.2, 0.25) is 0 Å². The molecule has 4 saturated carbocycles. The highest BCUT2D eigenvalue weighted by Gasteiger charge is 2.49. The van der Waals surface area contributed by atoms with E-state index >= 15 is 0 Å². The van der Waals surface area contributed by atoms with Gasteiger partial charge in [-0.05, 0) is 88.0 Å². The van der Waals surface area contributed by atoms with Crippen molar-refractivity contribution >= 4 is 0 Å². The van der Waals surface area contributed by atoms with Crippen LogP contribution in [0.4, 0.5) is 0 Å². The number of rotatable bonds is 6. The van der Waals surface area contributed by atoms with E-state index in [9.17, 15) is 0 Å². The van der Waals surface area contributed by atoms with Crippen molar-refractivity contribution in [2.24, 2.45) is 29.6 Å². The van der Waals surface area contributed by atoms with E-state index in [1.54, 1.807) is 32.1 Å². The third-order valence-corrected chi connectivity index (χ3v) is 6.06. The quantitative estimate of drug-likeness (QED) is 0.552. The van der Waals surface area contributed by atoms with Crippen molar-refractivity contribution in [3.63, 3.8) is 0 Å². The number of allylic oxidation sites excluding steroid dienone is 1. The number of unbranched alkanes of at least 4 members (excludes halogenated alkanes) is 1. The minimum Gasteiger partial charge on any atom is -0.317 e. The number of hydrogen-bond donors (Lipinski definition) is 1. The molecule has 0 radical (unpaired) electrons. The van der Waals surface area contributed by atoms with Gasteiger partial charge < -0.3 is 5.32 Å². The minimum absolute atomic E-state index is 0.778. The highest BCUT2D eigenvalue weighted by atomic mass is 14.9. The summed E-state index contributed by atoms with van der Waals surface area (Å²) in [6.07, 6.45) is 13.7. The van der Waals surface area contributed by atoms with Crippen LogP contribution in [0.3, 0.4) is 0 Å². The lowest BCUT2D eigenvalue weighted by Gasteiger charge is -2.56. The summed E-state index contributed by atoms with van der Waals surface area (Å²) >= 11 is 0. The Morgan fingerprint density at radius 2 is 1.72 bits per heavy atom. The summed E-state index contributed by atoms with van der Waals surface area (Å²) in [4.78, 5) is 0. The van der Waals surface area contributed by atoms with Gasteiger partial charge in [0, 0.05) is 6.04 Å². The smallest absolute Gasteiger partial charge is 0.00977 e. The van der Waals surface area contributed by atoms with E-state index in [0.29, 0.717) is 0 Å². The van der Waals surface area contributed by atoms with Crippen LogP contribution in [-0.4, -0.2) is 13.1 Å². The van der Waals surface area contributed by atoms with Crippen molar-refractivity contribution in [2.45, 2.75) is 57.4 Å². The summed E-state index contributed by atoms with van der Waals surface area (Å²) in [7, 11) is 2.18. The molecule has 1 unspecified atom stereocenters. The van der Waals surface area contributed by atoms with Crippen LogP contribution in [0.25, 0.3) is 0 Å². The van der Waals surface area contributed by atoms with Gasteiger partial charge in [-0.2, -0.15) is 0 Å². The van der Waals surface area contributed by atoms with Gasteiger partial charge >= 0.3 is 0 Å². The Kier molecular flexibility index (Phi) is 3.79. The van der Waals surface area contributed by atoms with E-state index in [0.717, 1.165) is 35.6 Å². The predicted molar refractivity (Wildman–Crippen MR) is 77.4 cm³/mol. The van der Waals surface area contributed by atoms with Crippen molar-refractivity contribution < 1.29 is 0 Å². The number of hydrogen-bond acceptors (Lipinski definition) is 1. The summed E-state index contributed by atoms with van der Waals surface area (Å²) in [6.45, 7) is 3.85. The Bertz CT molecular complexity index is 268. The normalized spacial score (nSPS) is 43.1. The van der Waals surface area contributed by atoms with E-state index in [4.69, 9.17) is 0 Å². The van der Waals surface area contributed by atoms with Gasteiger partial charge in [0.15, 0.2) is 0 Å². The van der Waals surface area contributed by atoms with E-state index < -0.39 is 0 Å². The van der Waals surface area contributed by atoms with Crippen LogP contribution < -0.4 is 5.32 Å². The molecule has 0 amide bonds. The molecule has 1 atom stereocenters. The molecular weight excluding hydrogens is 218 g/mol. The monoisotopic (exact) mass is 247 g/mol. The standard InChI is InChI=1S/C17H29N/c1-3-4-5-6-16(18-2)17-14-8-12-7-13(10-14)11-15(17)9-12/h3,12-18H,1,4-11H2,2H3. The summed E-state index contributed by atoms with van der Waals surface area (Å²) in [5.74, 6) is 5.32. The van der Waals surface area contributed by atoms with Gasteiger partial charge in [-0.15, -0.1) is 6.58 Å². The topological polar surface area (TPSA) is 12.0 Å². The largest absolute Gasteiger partial charge is 0.317 e. The van der Waals surface area contributed by atoms with Gasteiger partial charge in [0.25, 0.3) is 0 Å². The van der Waals surface area contributed by atoms with E-state index in [1.807, 2.05) is 0 Å². The van der Waals surface area contributed by atoms with Crippen molar-refractivity contribution in [3.8, 4) is 0 Å². The molecule has 4 rings (SSSR count). The first-order valence-corrected chi connectivity index (χ1v) is 8.10. The molecule has 102 valence electrons. The van der Waals surface area contributed by atoms with E-state index in [1.165, 1.54) is 19.3 Å². The first-order chi connectivity index (χ1) is 8.81. The van der Waals surface area contributed by atoms with Crippen LogP contribution in [0.5, 0.6) is 0 Å². The van der Waals surface area contributed by atoms with Crippen LogP contribution >= 0.6 is 0 Å². The average molecular weight is 247 g/mol. The Hall–Kier alpha value is -0.300. The van der Waals surface area contributed by atoms with Crippen LogP contribution in [0.1, 0.15) is 51.4 Å². The molecular formula is C17H29N. The molecule has 1 heteroatoms. The van der Waals surface area contributed by atoms with Crippen LogP contribution in [0.2, 0.25) is 0 Å². The molecule has 0 saturated heterocycles. The van der Waals surface area contributed by atoms with Crippen LogP contribution in [0.15, 0.2) is 12.7 Å². The van der Waals surface area contributed by atoms with Crippen molar-refractivity contribution in [1.82, 2.24) is 5.32 Å². The fraction of sp³-hybridized carbons (Fsp3) is 0.882. The molecule has 4 aliphatic carbocycles. The SMILES string of the molecule is C=CCCCC(NC)C1C2CC3CC(C2)CC1C3. The Labute approximate surface area is 112 Å². The molecule has 0 aliphatic heterocycles. The highest BCUT2D eigenvalue weighted by molar-refractivity contribution is 5.01. The Morgan fingerprint density at radius 1 is 1.11 bits per heavy atom. The number of nitrogens with one attached hydrogen (secondary N) is 1.